The Labute approximate surface area is 196 Å². The van der Waals surface area contributed by atoms with Crippen molar-refractivity contribution in [1.82, 2.24) is 0 Å². The first-order chi connectivity index (χ1) is 16.0. The molecule has 5 heteroatoms. The Hall–Kier alpha value is -2.69. The van der Waals surface area contributed by atoms with E-state index in [2.05, 4.69) is 18.2 Å². The minimum atomic E-state index is -0.550. The van der Waals surface area contributed by atoms with Gasteiger partial charge in [0.05, 0.1) is 14.2 Å². The molecule has 33 heavy (non-hydrogen) atoms. The van der Waals surface area contributed by atoms with Crippen LogP contribution in [-0.2, 0) is 15.8 Å². The molecular formula is C28H34O5. The second-order valence-corrected chi connectivity index (χ2v) is 9.82. The van der Waals surface area contributed by atoms with E-state index in [9.17, 15) is 4.79 Å². The SMILES string of the molecule is COc1ccc2c(c1)O[C@]1(c3ccc(OC)cc3OC(C)=O)CCCC[C@@H]1C21CCCCC1. The number of rotatable bonds is 4. The highest BCUT2D eigenvalue weighted by Gasteiger charge is 2.59. The van der Waals surface area contributed by atoms with Crippen LogP contribution in [0.25, 0.3) is 0 Å². The summed E-state index contributed by atoms with van der Waals surface area (Å²) in [7, 11) is 3.33. The summed E-state index contributed by atoms with van der Waals surface area (Å²) in [5.74, 6) is 2.93. The summed E-state index contributed by atoms with van der Waals surface area (Å²) in [6.07, 6.45) is 10.4. The highest BCUT2D eigenvalue weighted by molar-refractivity contribution is 5.70. The molecule has 2 aliphatic carbocycles. The zero-order chi connectivity index (χ0) is 23.1. The van der Waals surface area contributed by atoms with Crippen molar-refractivity contribution < 1.29 is 23.7 Å². The van der Waals surface area contributed by atoms with Gasteiger partial charge in [-0.2, -0.15) is 0 Å². The standard InChI is InChI=1S/C28H34O5/c1-19(29)32-24-17-20(30-2)11-13-23(24)28-16-8-5-9-26(28)27(14-6-4-7-15-27)22-12-10-21(31-3)18-25(22)33-28/h10-13,17-18,26H,4-9,14-16H2,1-3H3/t26-,28+/m1/s1. The molecule has 2 aromatic carbocycles. The number of ether oxygens (including phenoxy) is 4. The molecule has 5 rings (SSSR count). The van der Waals surface area contributed by atoms with E-state index < -0.39 is 5.60 Å². The van der Waals surface area contributed by atoms with Crippen LogP contribution >= 0.6 is 0 Å². The average molecular weight is 451 g/mol. The number of hydrogen-bond acceptors (Lipinski definition) is 5. The molecule has 176 valence electrons. The number of fused-ring (bicyclic) bond motifs is 4. The molecule has 2 fully saturated rings. The van der Waals surface area contributed by atoms with Gasteiger partial charge in [0.25, 0.3) is 0 Å². The molecule has 0 N–H and O–H groups in total. The van der Waals surface area contributed by atoms with Gasteiger partial charge < -0.3 is 18.9 Å². The molecular weight excluding hydrogens is 416 g/mol. The van der Waals surface area contributed by atoms with Crippen LogP contribution in [0.2, 0.25) is 0 Å². The van der Waals surface area contributed by atoms with E-state index in [0.717, 1.165) is 36.3 Å². The Balaban J connectivity index is 1.74. The van der Waals surface area contributed by atoms with Crippen LogP contribution in [0.4, 0.5) is 0 Å². The molecule has 5 nitrogen and oxygen atoms in total. The van der Waals surface area contributed by atoms with Gasteiger partial charge in [-0.15, -0.1) is 0 Å². The minimum absolute atomic E-state index is 0.0615. The van der Waals surface area contributed by atoms with Crippen LogP contribution in [0.15, 0.2) is 36.4 Å². The summed E-state index contributed by atoms with van der Waals surface area (Å²) in [4.78, 5) is 12.1. The first-order valence-electron chi connectivity index (χ1n) is 12.3. The van der Waals surface area contributed by atoms with Gasteiger partial charge in [0.15, 0.2) is 0 Å². The van der Waals surface area contributed by atoms with Crippen molar-refractivity contribution >= 4 is 5.97 Å². The van der Waals surface area contributed by atoms with Crippen LogP contribution in [-0.4, -0.2) is 20.2 Å². The second kappa shape index (κ2) is 8.58. The number of carbonyl (C=O) groups is 1. The Kier molecular flexibility index (Phi) is 5.75. The summed E-state index contributed by atoms with van der Waals surface area (Å²) < 4.78 is 23.9. The van der Waals surface area contributed by atoms with Crippen LogP contribution in [0.5, 0.6) is 23.0 Å². The number of hydrogen-bond donors (Lipinski definition) is 0. The van der Waals surface area contributed by atoms with Gasteiger partial charge in [-0.1, -0.05) is 31.7 Å². The largest absolute Gasteiger partial charge is 0.497 e. The lowest BCUT2D eigenvalue weighted by molar-refractivity contribution is -0.132. The predicted molar refractivity (Wildman–Crippen MR) is 126 cm³/mol. The van der Waals surface area contributed by atoms with Crippen LogP contribution in [0, 0.1) is 5.92 Å². The van der Waals surface area contributed by atoms with E-state index in [1.165, 1.54) is 51.0 Å². The normalized spacial score (nSPS) is 25.4. The van der Waals surface area contributed by atoms with Crippen molar-refractivity contribution in [3.63, 3.8) is 0 Å². The molecule has 0 aromatic heterocycles. The molecule has 0 bridgehead atoms. The smallest absolute Gasteiger partial charge is 0.308 e. The van der Waals surface area contributed by atoms with Crippen molar-refractivity contribution in [3.05, 3.63) is 47.5 Å². The van der Waals surface area contributed by atoms with Gasteiger partial charge in [0, 0.05) is 41.5 Å². The predicted octanol–water partition coefficient (Wildman–Crippen LogP) is 6.31. The monoisotopic (exact) mass is 450 g/mol. The third-order valence-electron chi connectivity index (χ3n) is 8.18. The summed E-state index contributed by atoms with van der Waals surface area (Å²) in [5, 5.41) is 0. The molecule has 3 aliphatic rings. The van der Waals surface area contributed by atoms with Crippen LogP contribution in [0.3, 0.4) is 0 Å². The molecule has 0 radical (unpaired) electrons. The number of carbonyl (C=O) groups excluding carboxylic acids is 1. The van der Waals surface area contributed by atoms with E-state index in [1.54, 1.807) is 14.2 Å². The molecule has 1 spiro atoms. The minimum Gasteiger partial charge on any atom is -0.497 e. The number of methoxy groups -OCH3 is 2. The maximum absolute atomic E-state index is 12.1. The fraction of sp³-hybridized carbons (Fsp3) is 0.536. The zero-order valence-electron chi connectivity index (χ0n) is 19.9. The van der Waals surface area contributed by atoms with E-state index in [1.807, 2.05) is 18.2 Å². The fourth-order valence-electron chi connectivity index (χ4n) is 6.89. The molecule has 2 atom stereocenters. The highest BCUT2D eigenvalue weighted by Crippen LogP contribution is 2.64. The third-order valence-corrected chi connectivity index (χ3v) is 8.18. The molecule has 0 amide bonds. The number of esters is 1. The first kappa shape index (κ1) is 22.1. The first-order valence-corrected chi connectivity index (χ1v) is 12.3. The second-order valence-electron chi connectivity index (χ2n) is 9.82. The average Bonchev–Trinajstić information content (AvgIpc) is 2.84. The van der Waals surface area contributed by atoms with Gasteiger partial charge in [-0.25, -0.2) is 0 Å². The molecule has 2 saturated carbocycles. The van der Waals surface area contributed by atoms with Crippen molar-refractivity contribution in [1.29, 1.82) is 0 Å². The molecule has 1 aliphatic heterocycles. The van der Waals surface area contributed by atoms with E-state index in [-0.39, 0.29) is 11.4 Å². The molecule has 1 heterocycles. The van der Waals surface area contributed by atoms with Crippen molar-refractivity contribution in [2.45, 2.75) is 75.7 Å². The zero-order valence-corrected chi connectivity index (χ0v) is 19.9. The van der Waals surface area contributed by atoms with Crippen molar-refractivity contribution in [3.8, 4) is 23.0 Å². The third kappa shape index (κ3) is 3.56. The Morgan fingerprint density at radius 3 is 2.24 bits per heavy atom. The lowest BCUT2D eigenvalue weighted by Crippen LogP contribution is -2.57. The highest BCUT2D eigenvalue weighted by atomic mass is 16.5. The lowest BCUT2D eigenvalue weighted by Gasteiger charge is -2.58. The number of benzene rings is 2. The molecule has 0 saturated heterocycles. The van der Waals surface area contributed by atoms with E-state index in [4.69, 9.17) is 18.9 Å². The summed E-state index contributed by atoms with van der Waals surface area (Å²) >= 11 is 0. The topological polar surface area (TPSA) is 54.0 Å². The Morgan fingerprint density at radius 2 is 1.55 bits per heavy atom. The summed E-state index contributed by atoms with van der Waals surface area (Å²) in [5.41, 5.74) is 1.80. The molecule has 2 aromatic rings. The summed E-state index contributed by atoms with van der Waals surface area (Å²) in [6, 6.07) is 12.2. The quantitative estimate of drug-likeness (QED) is 0.404. The summed E-state index contributed by atoms with van der Waals surface area (Å²) in [6.45, 7) is 1.45. The Morgan fingerprint density at radius 1 is 0.879 bits per heavy atom. The molecule has 0 unspecified atom stereocenters. The van der Waals surface area contributed by atoms with Gasteiger partial charge in [-0.3, -0.25) is 4.79 Å². The maximum atomic E-state index is 12.1. The Bertz CT molecular complexity index is 1040. The van der Waals surface area contributed by atoms with Crippen molar-refractivity contribution in [2.75, 3.05) is 14.2 Å². The maximum Gasteiger partial charge on any atom is 0.308 e. The fourth-order valence-corrected chi connectivity index (χ4v) is 6.89. The van der Waals surface area contributed by atoms with Gasteiger partial charge in [-0.05, 0) is 50.3 Å². The van der Waals surface area contributed by atoms with E-state index in [0.29, 0.717) is 17.4 Å². The van der Waals surface area contributed by atoms with Crippen LogP contribution < -0.4 is 18.9 Å². The van der Waals surface area contributed by atoms with Crippen molar-refractivity contribution in [2.24, 2.45) is 5.92 Å². The van der Waals surface area contributed by atoms with Crippen LogP contribution in [0.1, 0.15) is 75.8 Å². The van der Waals surface area contributed by atoms with Gasteiger partial charge in [0.1, 0.15) is 28.6 Å². The van der Waals surface area contributed by atoms with Gasteiger partial charge in [0.2, 0.25) is 0 Å². The van der Waals surface area contributed by atoms with Gasteiger partial charge >= 0.3 is 5.97 Å². The van der Waals surface area contributed by atoms with E-state index >= 15 is 0 Å². The lowest BCUT2D eigenvalue weighted by atomic mass is 9.51.